The molecule has 0 radical (unpaired) electrons. The summed E-state index contributed by atoms with van der Waals surface area (Å²) in [6.07, 6.45) is 1.90. The van der Waals surface area contributed by atoms with Gasteiger partial charge in [0.05, 0.1) is 6.42 Å². The predicted molar refractivity (Wildman–Crippen MR) is 119 cm³/mol. The average molecular weight is 422 g/mol. The van der Waals surface area contributed by atoms with Crippen molar-refractivity contribution in [2.24, 2.45) is 5.73 Å². The number of nitrogens with zero attached hydrogens (tertiary/aromatic N) is 2. The molecule has 0 bridgehead atoms. The third kappa shape index (κ3) is 5.76. The zero-order valence-corrected chi connectivity index (χ0v) is 18.2. The maximum atomic E-state index is 12.4. The number of nitrogens with one attached hydrogen (secondary N) is 2. The van der Waals surface area contributed by atoms with Crippen LogP contribution in [0.25, 0.3) is 11.1 Å². The van der Waals surface area contributed by atoms with Gasteiger partial charge >= 0.3 is 0 Å². The first kappa shape index (κ1) is 22.2. The molecule has 4 N–H and O–H groups in total. The van der Waals surface area contributed by atoms with Crippen molar-refractivity contribution in [1.29, 1.82) is 0 Å². The monoisotopic (exact) mass is 421 g/mol. The molecule has 2 heterocycles. The van der Waals surface area contributed by atoms with Crippen molar-refractivity contribution in [3.8, 4) is 11.1 Å². The van der Waals surface area contributed by atoms with Gasteiger partial charge in [0.15, 0.2) is 5.82 Å². The number of aromatic nitrogens is 2. The quantitative estimate of drug-likeness (QED) is 0.558. The summed E-state index contributed by atoms with van der Waals surface area (Å²) in [4.78, 5) is 28.0. The van der Waals surface area contributed by atoms with Crippen molar-refractivity contribution in [3.05, 3.63) is 59.5 Å². The molecule has 0 unspecified atom stereocenters. The Labute approximate surface area is 181 Å². The van der Waals surface area contributed by atoms with Gasteiger partial charge in [-0.3, -0.25) is 9.59 Å². The molecule has 0 atom stereocenters. The van der Waals surface area contributed by atoms with Crippen molar-refractivity contribution < 1.29 is 14.1 Å². The lowest BCUT2D eigenvalue weighted by atomic mass is 9.93. The minimum Gasteiger partial charge on any atom is -0.359 e. The van der Waals surface area contributed by atoms with Crippen molar-refractivity contribution in [3.63, 3.8) is 0 Å². The van der Waals surface area contributed by atoms with Crippen molar-refractivity contribution in [2.45, 2.75) is 46.1 Å². The highest BCUT2D eigenvalue weighted by Gasteiger charge is 2.20. The Hall–Kier alpha value is -3.52. The number of benzene rings is 1. The highest BCUT2D eigenvalue weighted by molar-refractivity contribution is 5.91. The second-order valence-electron chi connectivity index (χ2n) is 8.37. The van der Waals surface area contributed by atoms with Crippen LogP contribution in [0.5, 0.6) is 0 Å². The second kappa shape index (κ2) is 9.09. The van der Waals surface area contributed by atoms with Crippen LogP contribution in [0.3, 0.4) is 0 Å². The number of carbonyl (C=O) groups excluding carboxylic acids is 2. The number of carbonyl (C=O) groups is 2. The Balaban J connectivity index is 1.67. The SMILES string of the molecule is CC(=O)Nc1ncc(-c2ccc(CC(=O)Nc3cc(C(C)(C)C)on3)cc2)cc1CN. The Morgan fingerprint density at radius 1 is 1.06 bits per heavy atom. The molecule has 0 spiro atoms. The van der Waals surface area contributed by atoms with Gasteiger partial charge in [-0.25, -0.2) is 4.98 Å². The second-order valence-corrected chi connectivity index (χ2v) is 8.37. The Kier molecular flexibility index (Phi) is 6.50. The largest absolute Gasteiger partial charge is 0.359 e. The molecule has 0 aliphatic rings. The lowest BCUT2D eigenvalue weighted by Crippen LogP contribution is -2.14. The van der Waals surface area contributed by atoms with E-state index < -0.39 is 0 Å². The standard InChI is InChI=1S/C23H27N5O3/c1-14(29)26-22-17(12-24)10-18(13-25-22)16-7-5-15(6-8-16)9-21(30)27-20-11-19(31-28-20)23(2,3)4/h5-8,10-11,13H,9,12,24H2,1-4H3,(H,25,26,29)(H,27,28,30). The van der Waals surface area contributed by atoms with E-state index in [1.165, 1.54) is 6.92 Å². The summed E-state index contributed by atoms with van der Waals surface area (Å²) in [5, 5.41) is 9.35. The summed E-state index contributed by atoms with van der Waals surface area (Å²) >= 11 is 0. The van der Waals surface area contributed by atoms with Crippen LogP contribution >= 0.6 is 0 Å². The van der Waals surface area contributed by atoms with Crippen molar-refractivity contribution in [2.75, 3.05) is 10.6 Å². The molecule has 2 amide bonds. The molecule has 3 aromatic rings. The maximum Gasteiger partial charge on any atom is 0.230 e. The normalized spacial score (nSPS) is 11.3. The molecule has 3 rings (SSSR count). The molecule has 0 aliphatic carbocycles. The maximum absolute atomic E-state index is 12.4. The summed E-state index contributed by atoms with van der Waals surface area (Å²) in [6.45, 7) is 7.73. The van der Waals surface area contributed by atoms with E-state index in [2.05, 4.69) is 20.8 Å². The highest BCUT2D eigenvalue weighted by atomic mass is 16.5. The molecule has 8 heteroatoms. The van der Waals surface area contributed by atoms with Crippen LogP contribution in [-0.2, 0) is 28.0 Å². The van der Waals surface area contributed by atoms with E-state index in [9.17, 15) is 9.59 Å². The number of rotatable bonds is 6. The molecular formula is C23H27N5O3. The lowest BCUT2D eigenvalue weighted by Gasteiger charge is -2.12. The van der Waals surface area contributed by atoms with Gasteiger partial charge < -0.3 is 20.9 Å². The Morgan fingerprint density at radius 2 is 1.77 bits per heavy atom. The molecule has 1 aromatic carbocycles. The van der Waals surface area contributed by atoms with Gasteiger partial charge in [-0.05, 0) is 17.2 Å². The molecule has 8 nitrogen and oxygen atoms in total. The van der Waals surface area contributed by atoms with Crippen LogP contribution < -0.4 is 16.4 Å². The van der Waals surface area contributed by atoms with E-state index in [4.69, 9.17) is 10.3 Å². The van der Waals surface area contributed by atoms with Gasteiger partial charge in [0, 0.05) is 42.3 Å². The number of pyridine rings is 1. The molecule has 0 aliphatic heterocycles. The number of nitrogens with two attached hydrogens (primary N) is 1. The third-order valence-electron chi connectivity index (χ3n) is 4.65. The molecule has 2 aromatic heterocycles. The molecule has 0 saturated heterocycles. The molecule has 0 fully saturated rings. The fourth-order valence-electron chi connectivity index (χ4n) is 2.98. The summed E-state index contributed by atoms with van der Waals surface area (Å²) in [5.74, 6) is 1.22. The number of anilines is 2. The zero-order valence-electron chi connectivity index (χ0n) is 18.2. The van der Waals surface area contributed by atoms with Crippen molar-refractivity contribution in [1.82, 2.24) is 10.1 Å². The fourth-order valence-corrected chi connectivity index (χ4v) is 2.98. The Bertz CT molecular complexity index is 1080. The van der Waals surface area contributed by atoms with Crippen LogP contribution in [0.4, 0.5) is 11.6 Å². The van der Waals surface area contributed by atoms with E-state index in [1.807, 2.05) is 51.1 Å². The average Bonchev–Trinajstić information content (AvgIpc) is 3.17. The topological polar surface area (TPSA) is 123 Å². The smallest absolute Gasteiger partial charge is 0.230 e. The van der Waals surface area contributed by atoms with E-state index in [1.54, 1.807) is 12.3 Å². The fraction of sp³-hybridized carbons (Fsp3) is 0.304. The highest BCUT2D eigenvalue weighted by Crippen LogP contribution is 2.25. The number of amides is 2. The van der Waals surface area contributed by atoms with Crippen LogP contribution in [-0.4, -0.2) is 22.0 Å². The third-order valence-corrected chi connectivity index (χ3v) is 4.65. The van der Waals surface area contributed by atoms with Gasteiger partial charge in [-0.15, -0.1) is 0 Å². The van der Waals surface area contributed by atoms with E-state index in [0.717, 1.165) is 22.3 Å². The van der Waals surface area contributed by atoms with Gasteiger partial charge in [-0.1, -0.05) is 50.2 Å². The van der Waals surface area contributed by atoms with Gasteiger partial charge in [-0.2, -0.15) is 0 Å². The van der Waals surface area contributed by atoms with Crippen LogP contribution in [0.15, 0.2) is 47.1 Å². The van der Waals surface area contributed by atoms with Gasteiger partial charge in [0.25, 0.3) is 0 Å². The van der Waals surface area contributed by atoms with E-state index >= 15 is 0 Å². The van der Waals surface area contributed by atoms with Crippen LogP contribution in [0.1, 0.15) is 44.6 Å². The Morgan fingerprint density at radius 3 is 2.35 bits per heavy atom. The summed E-state index contributed by atoms with van der Waals surface area (Å²) in [7, 11) is 0. The zero-order chi connectivity index (χ0) is 22.6. The first-order valence-corrected chi connectivity index (χ1v) is 9.98. The minimum atomic E-state index is -0.196. The molecule has 162 valence electrons. The van der Waals surface area contributed by atoms with Gasteiger partial charge in [0.1, 0.15) is 11.6 Å². The van der Waals surface area contributed by atoms with E-state index in [-0.39, 0.29) is 30.2 Å². The number of hydrogen-bond donors (Lipinski definition) is 3. The predicted octanol–water partition coefficient (Wildman–Crippen LogP) is 3.63. The minimum absolute atomic E-state index is 0.173. The van der Waals surface area contributed by atoms with Crippen LogP contribution in [0, 0.1) is 0 Å². The molecule has 31 heavy (non-hydrogen) atoms. The summed E-state index contributed by atoms with van der Waals surface area (Å²) < 4.78 is 5.29. The summed E-state index contributed by atoms with van der Waals surface area (Å²) in [5.41, 5.74) is 9.04. The lowest BCUT2D eigenvalue weighted by molar-refractivity contribution is -0.116. The van der Waals surface area contributed by atoms with Crippen LogP contribution in [0.2, 0.25) is 0 Å². The molecule has 0 saturated carbocycles. The van der Waals surface area contributed by atoms with Crippen molar-refractivity contribution >= 4 is 23.5 Å². The first-order chi connectivity index (χ1) is 14.7. The number of hydrogen-bond acceptors (Lipinski definition) is 6. The van der Waals surface area contributed by atoms with E-state index in [0.29, 0.717) is 17.4 Å². The molecular weight excluding hydrogens is 394 g/mol. The van der Waals surface area contributed by atoms with Gasteiger partial charge in [0.2, 0.25) is 11.8 Å². The first-order valence-electron chi connectivity index (χ1n) is 9.98. The summed E-state index contributed by atoms with van der Waals surface area (Å²) in [6, 6.07) is 11.3.